The predicted octanol–water partition coefficient (Wildman–Crippen LogP) is 0.687. The van der Waals surface area contributed by atoms with Crippen molar-refractivity contribution in [3.05, 3.63) is 0 Å². The highest BCUT2D eigenvalue weighted by Crippen LogP contribution is 2.14. The number of hydrogen-bond donors (Lipinski definition) is 2. The van der Waals surface area contributed by atoms with Crippen LogP contribution in [0, 0.1) is 5.92 Å². The number of aliphatic hydroxyl groups is 1. The maximum Gasteiger partial charge on any atom is 0.0791 e. The molecule has 1 saturated heterocycles. The van der Waals surface area contributed by atoms with Gasteiger partial charge in [0.1, 0.15) is 0 Å². The van der Waals surface area contributed by atoms with Crippen LogP contribution in [-0.2, 0) is 0 Å². The SMILES string of the molecule is CCC(C)C(C)N1CCNCC(O)C1. The zero-order valence-corrected chi connectivity index (χ0v) is 9.66. The third kappa shape index (κ3) is 3.23. The lowest BCUT2D eigenvalue weighted by Crippen LogP contribution is -2.42. The summed E-state index contributed by atoms with van der Waals surface area (Å²) in [5, 5.41) is 12.9. The quantitative estimate of drug-likeness (QED) is 0.703. The lowest BCUT2D eigenvalue weighted by Gasteiger charge is -2.32. The molecule has 3 nitrogen and oxygen atoms in total. The summed E-state index contributed by atoms with van der Waals surface area (Å²) in [6.45, 7) is 10.4. The first-order valence-electron chi connectivity index (χ1n) is 5.78. The van der Waals surface area contributed by atoms with Crippen molar-refractivity contribution in [1.82, 2.24) is 10.2 Å². The maximum atomic E-state index is 9.66. The van der Waals surface area contributed by atoms with Gasteiger partial charge in [-0.1, -0.05) is 20.3 Å². The van der Waals surface area contributed by atoms with Gasteiger partial charge in [0.15, 0.2) is 0 Å². The molecule has 0 radical (unpaired) electrons. The highest BCUT2D eigenvalue weighted by atomic mass is 16.3. The lowest BCUT2D eigenvalue weighted by molar-refractivity contribution is 0.0917. The van der Waals surface area contributed by atoms with E-state index in [2.05, 4.69) is 31.0 Å². The third-order valence-electron chi connectivity index (χ3n) is 3.44. The molecule has 1 fully saturated rings. The summed E-state index contributed by atoms with van der Waals surface area (Å²) in [7, 11) is 0. The van der Waals surface area contributed by atoms with Gasteiger partial charge in [-0.3, -0.25) is 4.90 Å². The van der Waals surface area contributed by atoms with E-state index in [4.69, 9.17) is 0 Å². The molecule has 3 unspecified atom stereocenters. The summed E-state index contributed by atoms with van der Waals surface area (Å²) in [6, 6.07) is 0.578. The number of hydrogen-bond acceptors (Lipinski definition) is 3. The van der Waals surface area contributed by atoms with Crippen LogP contribution >= 0.6 is 0 Å². The molecule has 3 heteroatoms. The molecule has 84 valence electrons. The van der Waals surface area contributed by atoms with E-state index in [9.17, 15) is 5.11 Å². The van der Waals surface area contributed by atoms with Crippen molar-refractivity contribution in [3.8, 4) is 0 Å². The summed E-state index contributed by atoms with van der Waals surface area (Å²) in [4.78, 5) is 2.40. The molecule has 0 aromatic carbocycles. The van der Waals surface area contributed by atoms with Crippen LogP contribution in [0.2, 0.25) is 0 Å². The Morgan fingerprint density at radius 2 is 2.21 bits per heavy atom. The van der Waals surface area contributed by atoms with Crippen LogP contribution in [-0.4, -0.2) is 48.3 Å². The highest BCUT2D eigenvalue weighted by molar-refractivity contribution is 4.79. The minimum absolute atomic E-state index is 0.205. The molecule has 1 aliphatic heterocycles. The first-order valence-corrected chi connectivity index (χ1v) is 5.78. The number of nitrogens with zero attached hydrogens (tertiary/aromatic N) is 1. The second-order valence-electron chi connectivity index (χ2n) is 4.48. The van der Waals surface area contributed by atoms with E-state index < -0.39 is 0 Å². The molecule has 2 N–H and O–H groups in total. The molecule has 1 aliphatic rings. The monoisotopic (exact) mass is 200 g/mol. The van der Waals surface area contributed by atoms with Crippen molar-refractivity contribution >= 4 is 0 Å². The van der Waals surface area contributed by atoms with Gasteiger partial charge in [-0.25, -0.2) is 0 Å². The number of nitrogens with one attached hydrogen (secondary N) is 1. The van der Waals surface area contributed by atoms with Crippen molar-refractivity contribution < 1.29 is 5.11 Å². The van der Waals surface area contributed by atoms with Gasteiger partial charge in [-0.15, -0.1) is 0 Å². The van der Waals surface area contributed by atoms with Crippen LogP contribution in [0.25, 0.3) is 0 Å². The molecule has 0 spiro atoms. The Kier molecular flexibility index (Phi) is 4.85. The Bertz CT molecular complexity index is 163. The summed E-state index contributed by atoms with van der Waals surface area (Å²) in [6.07, 6.45) is 1.00. The molecule has 0 aromatic heterocycles. The average Bonchev–Trinajstić information content (AvgIpc) is 2.40. The molecule has 3 atom stereocenters. The minimum atomic E-state index is -0.205. The Morgan fingerprint density at radius 3 is 2.86 bits per heavy atom. The van der Waals surface area contributed by atoms with Crippen molar-refractivity contribution in [1.29, 1.82) is 0 Å². The summed E-state index contributed by atoms with van der Waals surface area (Å²) in [5.74, 6) is 0.709. The maximum absolute atomic E-state index is 9.66. The summed E-state index contributed by atoms with van der Waals surface area (Å²) >= 11 is 0. The normalized spacial score (nSPS) is 29.6. The van der Waals surface area contributed by atoms with E-state index in [-0.39, 0.29) is 6.10 Å². The van der Waals surface area contributed by atoms with Crippen LogP contribution in [0.5, 0.6) is 0 Å². The van der Waals surface area contributed by atoms with Gasteiger partial charge in [0.2, 0.25) is 0 Å². The molecule has 0 aliphatic carbocycles. The fourth-order valence-corrected chi connectivity index (χ4v) is 1.99. The van der Waals surface area contributed by atoms with Gasteiger partial charge >= 0.3 is 0 Å². The Hall–Kier alpha value is -0.120. The van der Waals surface area contributed by atoms with Gasteiger partial charge in [0, 0.05) is 32.2 Å². The van der Waals surface area contributed by atoms with Gasteiger partial charge in [0.25, 0.3) is 0 Å². The number of aliphatic hydroxyl groups excluding tert-OH is 1. The first kappa shape index (κ1) is 12.0. The van der Waals surface area contributed by atoms with E-state index in [1.54, 1.807) is 0 Å². The molecule has 1 rings (SSSR count). The van der Waals surface area contributed by atoms with Crippen LogP contribution in [0.1, 0.15) is 27.2 Å². The van der Waals surface area contributed by atoms with E-state index >= 15 is 0 Å². The fraction of sp³-hybridized carbons (Fsp3) is 1.00. The zero-order chi connectivity index (χ0) is 10.6. The topological polar surface area (TPSA) is 35.5 Å². The highest BCUT2D eigenvalue weighted by Gasteiger charge is 2.22. The molecule has 0 bridgehead atoms. The molecule has 1 heterocycles. The molecule has 0 saturated carbocycles. The van der Waals surface area contributed by atoms with Crippen LogP contribution in [0.3, 0.4) is 0 Å². The van der Waals surface area contributed by atoms with E-state index in [1.807, 2.05) is 0 Å². The van der Waals surface area contributed by atoms with Crippen LogP contribution < -0.4 is 5.32 Å². The van der Waals surface area contributed by atoms with Gasteiger partial charge in [0.05, 0.1) is 6.10 Å². The summed E-state index contributed by atoms with van der Waals surface area (Å²) < 4.78 is 0. The Balaban J connectivity index is 2.47. The zero-order valence-electron chi connectivity index (χ0n) is 9.66. The van der Waals surface area contributed by atoms with Gasteiger partial charge in [-0.05, 0) is 12.8 Å². The molecular weight excluding hydrogens is 176 g/mol. The first-order chi connectivity index (χ1) is 6.65. The minimum Gasteiger partial charge on any atom is -0.390 e. The lowest BCUT2D eigenvalue weighted by atomic mass is 9.99. The molecular formula is C11H24N2O. The second kappa shape index (κ2) is 5.69. The van der Waals surface area contributed by atoms with E-state index in [0.717, 1.165) is 26.2 Å². The van der Waals surface area contributed by atoms with Crippen LogP contribution in [0.4, 0.5) is 0 Å². The standard InChI is InChI=1S/C11H24N2O/c1-4-9(2)10(3)13-6-5-12-7-11(14)8-13/h9-12,14H,4-8H2,1-3H3. The van der Waals surface area contributed by atoms with Crippen LogP contribution in [0.15, 0.2) is 0 Å². The Labute approximate surface area is 87.5 Å². The van der Waals surface area contributed by atoms with E-state index in [0.29, 0.717) is 12.0 Å². The fourth-order valence-electron chi connectivity index (χ4n) is 1.99. The van der Waals surface area contributed by atoms with Crippen molar-refractivity contribution in [3.63, 3.8) is 0 Å². The molecule has 0 aromatic rings. The third-order valence-corrected chi connectivity index (χ3v) is 3.44. The molecule has 14 heavy (non-hydrogen) atoms. The summed E-state index contributed by atoms with van der Waals surface area (Å²) in [5.41, 5.74) is 0. The van der Waals surface area contributed by atoms with E-state index in [1.165, 1.54) is 6.42 Å². The number of β-amino-alcohol motifs (C(OH)–C–C–N with tert-alkyl or cyclic N) is 1. The Morgan fingerprint density at radius 1 is 1.50 bits per heavy atom. The largest absolute Gasteiger partial charge is 0.390 e. The van der Waals surface area contributed by atoms with Crippen molar-refractivity contribution in [2.24, 2.45) is 5.92 Å². The molecule has 0 amide bonds. The van der Waals surface area contributed by atoms with Gasteiger partial charge in [-0.2, -0.15) is 0 Å². The van der Waals surface area contributed by atoms with Gasteiger partial charge < -0.3 is 10.4 Å². The number of rotatable bonds is 3. The second-order valence-corrected chi connectivity index (χ2v) is 4.48. The smallest absolute Gasteiger partial charge is 0.0791 e. The predicted molar refractivity (Wildman–Crippen MR) is 59.4 cm³/mol. The average molecular weight is 200 g/mol. The van der Waals surface area contributed by atoms with Crippen molar-refractivity contribution in [2.75, 3.05) is 26.2 Å². The van der Waals surface area contributed by atoms with Crippen molar-refractivity contribution in [2.45, 2.75) is 39.3 Å².